The van der Waals surface area contributed by atoms with Gasteiger partial charge < -0.3 is 10.1 Å². The van der Waals surface area contributed by atoms with E-state index in [2.05, 4.69) is 5.32 Å². The summed E-state index contributed by atoms with van der Waals surface area (Å²) in [4.78, 5) is 12.9. The van der Waals surface area contributed by atoms with Crippen LogP contribution in [0.2, 0.25) is 5.02 Å². The van der Waals surface area contributed by atoms with E-state index in [-0.39, 0.29) is 12.5 Å². The number of nitrogens with zero attached hydrogens (tertiary/aromatic N) is 1. The molecule has 6 nitrogen and oxygen atoms in total. The minimum Gasteiger partial charge on any atom is -0.494 e. The highest BCUT2D eigenvalue weighted by atomic mass is 35.5. The van der Waals surface area contributed by atoms with Gasteiger partial charge in [-0.1, -0.05) is 17.7 Å². The Hall–Kier alpha value is -3.10. The fourth-order valence-electron chi connectivity index (χ4n) is 3.18. The van der Waals surface area contributed by atoms with Crippen LogP contribution in [0.25, 0.3) is 0 Å². The molecule has 0 bridgehead atoms. The van der Waals surface area contributed by atoms with Crippen LogP contribution in [0.5, 0.6) is 5.75 Å². The quantitative estimate of drug-likeness (QED) is 0.458. The summed E-state index contributed by atoms with van der Waals surface area (Å²) in [6.45, 7) is 3.92. The number of carbonyl (C=O) groups is 1. The van der Waals surface area contributed by atoms with Crippen molar-refractivity contribution in [3.8, 4) is 5.75 Å². The van der Waals surface area contributed by atoms with E-state index >= 15 is 0 Å². The van der Waals surface area contributed by atoms with Gasteiger partial charge in [-0.3, -0.25) is 9.10 Å². The zero-order valence-electron chi connectivity index (χ0n) is 18.4. The first-order valence-corrected chi connectivity index (χ1v) is 12.4. The summed E-state index contributed by atoms with van der Waals surface area (Å²) in [5.41, 5.74) is 2.53. The molecule has 0 fully saturated rings. The molecular formula is C24H24ClFN2O4S. The van der Waals surface area contributed by atoms with Crippen LogP contribution in [0.1, 0.15) is 28.4 Å². The second kappa shape index (κ2) is 10.2. The molecule has 33 heavy (non-hydrogen) atoms. The summed E-state index contributed by atoms with van der Waals surface area (Å²) >= 11 is 6.14. The van der Waals surface area contributed by atoms with E-state index in [0.29, 0.717) is 39.9 Å². The standard InChI is InChI=1S/C24H24ClFN2O4S/c1-4-32-23-12-6-17(24(29)27-20-9-5-16(2)22(25)14-20)13-18(23)15-28(33(3,30)31)21-10-7-19(26)8-11-21/h5-14H,4,15H2,1-3H3,(H,27,29). The van der Waals surface area contributed by atoms with Gasteiger partial charge in [-0.05, 0) is 74.0 Å². The van der Waals surface area contributed by atoms with E-state index in [4.69, 9.17) is 16.3 Å². The lowest BCUT2D eigenvalue weighted by molar-refractivity contribution is 0.102. The van der Waals surface area contributed by atoms with E-state index in [1.807, 2.05) is 6.92 Å². The number of anilines is 2. The molecular weight excluding hydrogens is 467 g/mol. The van der Waals surface area contributed by atoms with E-state index in [0.717, 1.165) is 16.1 Å². The molecule has 0 aliphatic heterocycles. The highest BCUT2D eigenvalue weighted by Gasteiger charge is 2.21. The molecule has 0 atom stereocenters. The maximum atomic E-state index is 13.4. The number of hydrogen-bond donors (Lipinski definition) is 1. The first-order chi connectivity index (χ1) is 15.6. The van der Waals surface area contributed by atoms with Gasteiger partial charge in [0.1, 0.15) is 11.6 Å². The minimum atomic E-state index is -3.71. The Morgan fingerprint density at radius 2 is 1.79 bits per heavy atom. The third-order valence-electron chi connectivity index (χ3n) is 4.88. The van der Waals surface area contributed by atoms with Crippen molar-refractivity contribution < 1.29 is 22.3 Å². The largest absolute Gasteiger partial charge is 0.494 e. The van der Waals surface area contributed by atoms with Gasteiger partial charge in [0.15, 0.2) is 0 Å². The molecule has 0 saturated heterocycles. The molecule has 1 amide bonds. The molecule has 0 aliphatic carbocycles. The zero-order chi connectivity index (χ0) is 24.2. The predicted molar refractivity (Wildman–Crippen MR) is 129 cm³/mol. The lowest BCUT2D eigenvalue weighted by atomic mass is 10.1. The van der Waals surface area contributed by atoms with Crippen molar-refractivity contribution in [1.29, 1.82) is 0 Å². The van der Waals surface area contributed by atoms with Gasteiger partial charge in [0, 0.05) is 21.8 Å². The summed E-state index contributed by atoms with van der Waals surface area (Å²) in [6, 6.07) is 15.2. The highest BCUT2D eigenvalue weighted by Crippen LogP contribution is 2.28. The lowest BCUT2D eigenvalue weighted by Gasteiger charge is -2.24. The summed E-state index contributed by atoms with van der Waals surface area (Å²) in [5.74, 6) is -0.410. The zero-order valence-corrected chi connectivity index (χ0v) is 20.0. The smallest absolute Gasteiger partial charge is 0.255 e. The molecule has 1 N–H and O–H groups in total. The van der Waals surface area contributed by atoms with Gasteiger partial charge in [0.05, 0.1) is 25.1 Å². The van der Waals surface area contributed by atoms with Gasteiger partial charge in [-0.25, -0.2) is 12.8 Å². The number of nitrogens with one attached hydrogen (secondary N) is 1. The average molecular weight is 491 g/mol. The van der Waals surface area contributed by atoms with Gasteiger partial charge in [-0.15, -0.1) is 0 Å². The number of sulfonamides is 1. The average Bonchev–Trinajstić information content (AvgIpc) is 2.75. The third-order valence-corrected chi connectivity index (χ3v) is 6.43. The van der Waals surface area contributed by atoms with E-state index in [1.165, 1.54) is 24.3 Å². The molecule has 0 heterocycles. The first kappa shape index (κ1) is 24.5. The number of rotatable bonds is 8. The van der Waals surface area contributed by atoms with Crippen molar-refractivity contribution >= 4 is 38.9 Å². The SMILES string of the molecule is CCOc1ccc(C(=O)Nc2ccc(C)c(Cl)c2)cc1CN(c1ccc(F)cc1)S(C)(=O)=O. The second-order valence-corrected chi connectivity index (χ2v) is 9.73. The fraction of sp³-hybridized carbons (Fsp3) is 0.208. The summed E-state index contributed by atoms with van der Waals surface area (Å²) in [6.07, 6.45) is 1.06. The second-order valence-electron chi connectivity index (χ2n) is 7.42. The Kier molecular flexibility index (Phi) is 7.61. The number of halogens is 2. The molecule has 0 spiro atoms. The van der Waals surface area contributed by atoms with Crippen LogP contribution in [-0.4, -0.2) is 27.2 Å². The molecule has 3 aromatic rings. The molecule has 0 aliphatic rings. The van der Waals surface area contributed by atoms with Crippen LogP contribution in [0.4, 0.5) is 15.8 Å². The molecule has 0 aromatic heterocycles. The fourth-order valence-corrected chi connectivity index (χ4v) is 4.24. The molecule has 0 radical (unpaired) electrons. The molecule has 3 aromatic carbocycles. The van der Waals surface area contributed by atoms with Crippen molar-refractivity contribution in [1.82, 2.24) is 0 Å². The number of ether oxygens (including phenoxy) is 1. The Bertz CT molecular complexity index is 1260. The summed E-state index contributed by atoms with van der Waals surface area (Å²) in [7, 11) is -3.71. The lowest BCUT2D eigenvalue weighted by Crippen LogP contribution is -2.29. The topological polar surface area (TPSA) is 75.7 Å². The number of carbonyl (C=O) groups excluding carboxylic acids is 1. The van der Waals surface area contributed by atoms with Gasteiger partial charge >= 0.3 is 0 Å². The van der Waals surface area contributed by atoms with Crippen LogP contribution < -0.4 is 14.4 Å². The number of hydrogen-bond acceptors (Lipinski definition) is 4. The molecule has 174 valence electrons. The normalized spacial score (nSPS) is 11.2. The monoisotopic (exact) mass is 490 g/mol. The number of aryl methyl sites for hydroxylation is 1. The van der Waals surface area contributed by atoms with Gasteiger partial charge in [0.2, 0.25) is 10.0 Å². The van der Waals surface area contributed by atoms with Crippen molar-refractivity contribution in [3.63, 3.8) is 0 Å². The predicted octanol–water partition coefficient (Wildman–Crippen LogP) is 5.40. The van der Waals surface area contributed by atoms with E-state index in [9.17, 15) is 17.6 Å². The van der Waals surface area contributed by atoms with E-state index in [1.54, 1.807) is 43.3 Å². The molecule has 0 unspecified atom stereocenters. The van der Waals surface area contributed by atoms with Crippen LogP contribution in [0.3, 0.4) is 0 Å². The molecule has 9 heteroatoms. The van der Waals surface area contributed by atoms with Crippen LogP contribution >= 0.6 is 11.6 Å². The number of amides is 1. The first-order valence-electron chi connectivity index (χ1n) is 10.1. The number of benzene rings is 3. The van der Waals surface area contributed by atoms with Gasteiger partial charge in [0.25, 0.3) is 5.91 Å². The van der Waals surface area contributed by atoms with Crippen LogP contribution in [0, 0.1) is 12.7 Å². The third kappa shape index (κ3) is 6.24. The minimum absolute atomic E-state index is 0.0999. The van der Waals surface area contributed by atoms with Gasteiger partial charge in [-0.2, -0.15) is 0 Å². The Morgan fingerprint density at radius 1 is 1.09 bits per heavy atom. The Balaban J connectivity index is 1.95. The maximum absolute atomic E-state index is 13.4. The summed E-state index contributed by atoms with van der Waals surface area (Å²) < 4.78 is 45.2. The van der Waals surface area contributed by atoms with Crippen molar-refractivity contribution in [2.75, 3.05) is 22.5 Å². The Labute approximate surface area is 198 Å². The van der Waals surface area contributed by atoms with Crippen LogP contribution in [0.15, 0.2) is 60.7 Å². The highest BCUT2D eigenvalue weighted by molar-refractivity contribution is 7.92. The van der Waals surface area contributed by atoms with Crippen molar-refractivity contribution in [2.45, 2.75) is 20.4 Å². The molecule has 0 saturated carbocycles. The maximum Gasteiger partial charge on any atom is 0.255 e. The summed E-state index contributed by atoms with van der Waals surface area (Å²) in [5, 5.41) is 3.32. The van der Waals surface area contributed by atoms with Crippen molar-refractivity contribution in [3.05, 3.63) is 88.2 Å². The molecule has 3 rings (SSSR count). The van der Waals surface area contributed by atoms with Crippen LogP contribution in [-0.2, 0) is 16.6 Å². The van der Waals surface area contributed by atoms with Crippen molar-refractivity contribution in [2.24, 2.45) is 0 Å². The Morgan fingerprint density at radius 3 is 2.39 bits per heavy atom. The van der Waals surface area contributed by atoms with E-state index < -0.39 is 15.8 Å².